The Morgan fingerprint density at radius 1 is 1.14 bits per heavy atom. The van der Waals surface area contributed by atoms with E-state index in [0.29, 0.717) is 12.1 Å². The molecule has 1 aliphatic heterocycles. The molecule has 1 aromatic rings. The topological polar surface area (TPSA) is 15.3 Å². The first-order valence-corrected chi connectivity index (χ1v) is 8.77. The Morgan fingerprint density at radius 2 is 1.86 bits per heavy atom. The van der Waals surface area contributed by atoms with Gasteiger partial charge in [0.2, 0.25) is 0 Å². The van der Waals surface area contributed by atoms with Gasteiger partial charge in [-0.15, -0.1) is 0 Å². The summed E-state index contributed by atoms with van der Waals surface area (Å²) < 4.78 is 0. The van der Waals surface area contributed by atoms with Crippen LogP contribution in [0.3, 0.4) is 0 Å². The van der Waals surface area contributed by atoms with Crippen LogP contribution in [0.15, 0.2) is 30.3 Å². The molecule has 1 saturated heterocycles. The van der Waals surface area contributed by atoms with Crippen LogP contribution >= 0.6 is 0 Å². The summed E-state index contributed by atoms with van der Waals surface area (Å²) in [5.74, 6) is 0.728. The molecule has 1 N–H and O–H groups in total. The van der Waals surface area contributed by atoms with Gasteiger partial charge in [0, 0.05) is 31.2 Å². The lowest BCUT2D eigenvalue weighted by molar-refractivity contribution is 0.0712. The Bertz CT molecular complexity index is 422. The van der Waals surface area contributed by atoms with Gasteiger partial charge in [-0.05, 0) is 30.7 Å². The van der Waals surface area contributed by atoms with Crippen molar-refractivity contribution in [3.63, 3.8) is 0 Å². The molecule has 2 fully saturated rings. The molecule has 116 valence electrons. The lowest BCUT2D eigenvalue weighted by Crippen LogP contribution is -2.61. The molecular weight excluding hydrogens is 256 g/mol. The fourth-order valence-electron chi connectivity index (χ4n) is 4.05. The van der Waals surface area contributed by atoms with Crippen LogP contribution in [0.2, 0.25) is 0 Å². The Morgan fingerprint density at radius 3 is 2.52 bits per heavy atom. The number of nitrogens with one attached hydrogen (secondary N) is 1. The quantitative estimate of drug-likeness (QED) is 0.912. The SMILES string of the molecule is CC(C)C1CN(C2CCCC2)C(Cc2ccccc2)CN1. The van der Waals surface area contributed by atoms with Gasteiger partial charge in [-0.2, -0.15) is 0 Å². The number of benzene rings is 1. The monoisotopic (exact) mass is 286 g/mol. The van der Waals surface area contributed by atoms with Gasteiger partial charge in [0.05, 0.1) is 0 Å². The molecule has 1 heterocycles. The Kier molecular flexibility index (Phi) is 4.97. The van der Waals surface area contributed by atoms with Gasteiger partial charge in [-0.25, -0.2) is 0 Å². The van der Waals surface area contributed by atoms with Crippen LogP contribution in [0.25, 0.3) is 0 Å². The van der Waals surface area contributed by atoms with Crippen molar-refractivity contribution in [1.82, 2.24) is 10.2 Å². The summed E-state index contributed by atoms with van der Waals surface area (Å²) in [5, 5.41) is 3.80. The van der Waals surface area contributed by atoms with E-state index in [1.807, 2.05) is 0 Å². The fraction of sp³-hybridized carbons (Fsp3) is 0.684. The third kappa shape index (κ3) is 3.67. The van der Waals surface area contributed by atoms with Crippen molar-refractivity contribution >= 4 is 0 Å². The van der Waals surface area contributed by atoms with Crippen LogP contribution in [0.5, 0.6) is 0 Å². The zero-order valence-electron chi connectivity index (χ0n) is 13.6. The molecule has 2 heteroatoms. The minimum Gasteiger partial charge on any atom is -0.311 e. The van der Waals surface area contributed by atoms with Crippen molar-refractivity contribution in [1.29, 1.82) is 0 Å². The molecular formula is C19H30N2. The molecule has 0 radical (unpaired) electrons. The molecule has 1 saturated carbocycles. The number of piperazine rings is 1. The third-order valence-corrected chi connectivity index (χ3v) is 5.40. The number of nitrogens with zero attached hydrogens (tertiary/aromatic N) is 1. The third-order valence-electron chi connectivity index (χ3n) is 5.40. The van der Waals surface area contributed by atoms with Crippen LogP contribution in [0.4, 0.5) is 0 Å². The summed E-state index contributed by atoms with van der Waals surface area (Å²) in [7, 11) is 0. The molecule has 2 unspecified atom stereocenters. The maximum atomic E-state index is 3.80. The lowest BCUT2D eigenvalue weighted by atomic mass is 9.94. The Labute approximate surface area is 129 Å². The molecule has 3 rings (SSSR count). The first-order chi connectivity index (χ1) is 10.2. The normalized spacial score (nSPS) is 28.3. The Balaban J connectivity index is 1.71. The first kappa shape index (κ1) is 15.1. The zero-order chi connectivity index (χ0) is 14.7. The van der Waals surface area contributed by atoms with Crippen LogP contribution in [0, 0.1) is 5.92 Å². The standard InChI is InChI=1S/C19H30N2/c1-15(2)19-14-21(17-10-6-7-11-17)18(13-20-19)12-16-8-4-3-5-9-16/h3-5,8-9,15,17-20H,6-7,10-14H2,1-2H3. The van der Waals surface area contributed by atoms with E-state index in [1.54, 1.807) is 0 Å². The van der Waals surface area contributed by atoms with Crippen molar-refractivity contribution in [3.05, 3.63) is 35.9 Å². The molecule has 0 aromatic heterocycles. The van der Waals surface area contributed by atoms with Gasteiger partial charge in [0.15, 0.2) is 0 Å². The van der Waals surface area contributed by atoms with E-state index in [4.69, 9.17) is 0 Å². The molecule has 1 aliphatic carbocycles. The summed E-state index contributed by atoms with van der Waals surface area (Å²) in [6, 6.07) is 13.2. The molecule has 2 nitrogen and oxygen atoms in total. The van der Waals surface area contributed by atoms with Crippen molar-refractivity contribution in [2.75, 3.05) is 13.1 Å². The van der Waals surface area contributed by atoms with Gasteiger partial charge in [0.1, 0.15) is 0 Å². The van der Waals surface area contributed by atoms with E-state index in [-0.39, 0.29) is 0 Å². The van der Waals surface area contributed by atoms with Gasteiger partial charge >= 0.3 is 0 Å². The van der Waals surface area contributed by atoms with Crippen molar-refractivity contribution < 1.29 is 0 Å². The highest BCUT2D eigenvalue weighted by molar-refractivity contribution is 5.16. The summed E-state index contributed by atoms with van der Waals surface area (Å²) in [4.78, 5) is 2.85. The highest BCUT2D eigenvalue weighted by Gasteiger charge is 2.34. The predicted octanol–water partition coefficient (Wildman–Crippen LogP) is 3.47. The second-order valence-corrected chi connectivity index (χ2v) is 7.24. The molecule has 2 aliphatic rings. The molecule has 0 spiro atoms. The van der Waals surface area contributed by atoms with E-state index in [2.05, 4.69) is 54.4 Å². The second-order valence-electron chi connectivity index (χ2n) is 7.24. The highest BCUT2D eigenvalue weighted by Crippen LogP contribution is 2.28. The maximum absolute atomic E-state index is 3.80. The zero-order valence-corrected chi connectivity index (χ0v) is 13.6. The lowest BCUT2D eigenvalue weighted by Gasteiger charge is -2.45. The van der Waals surface area contributed by atoms with Gasteiger partial charge in [-0.3, -0.25) is 4.90 Å². The molecule has 1 aromatic carbocycles. The number of rotatable bonds is 4. The van der Waals surface area contributed by atoms with E-state index in [9.17, 15) is 0 Å². The van der Waals surface area contributed by atoms with E-state index >= 15 is 0 Å². The summed E-state index contributed by atoms with van der Waals surface area (Å²) in [6.45, 7) is 7.08. The average Bonchev–Trinajstić information content (AvgIpc) is 3.02. The van der Waals surface area contributed by atoms with Crippen molar-refractivity contribution in [2.24, 2.45) is 5.92 Å². The largest absolute Gasteiger partial charge is 0.311 e. The predicted molar refractivity (Wildman–Crippen MR) is 89.5 cm³/mol. The van der Waals surface area contributed by atoms with Gasteiger partial charge in [-0.1, -0.05) is 57.0 Å². The van der Waals surface area contributed by atoms with Crippen LogP contribution < -0.4 is 5.32 Å². The van der Waals surface area contributed by atoms with Crippen molar-refractivity contribution in [3.8, 4) is 0 Å². The van der Waals surface area contributed by atoms with Gasteiger partial charge < -0.3 is 5.32 Å². The molecule has 2 atom stereocenters. The summed E-state index contributed by atoms with van der Waals surface area (Å²) >= 11 is 0. The maximum Gasteiger partial charge on any atom is 0.0264 e. The van der Waals surface area contributed by atoms with Crippen LogP contribution in [-0.2, 0) is 6.42 Å². The van der Waals surface area contributed by atoms with Crippen LogP contribution in [-0.4, -0.2) is 36.1 Å². The first-order valence-electron chi connectivity index (χ1n) is 8.77. The van der Waals surface area contributed by atoms with E-state index in [1.165, 1.54) is 44.2 Å². The van der Waals surface area contributed by atoms with Crippen molar-refractivity contribution in [2.45, 2.75) is 64.1 Å². The highest BCUT2D eigenvalue weighted by atomic mass is 15.3. The Hall–Kier alpha value is -0.860. The van der Waals surface area contributed by atoms with E-state index < -0.39 is 0 Å². The molecule has 0 amide bonds. The number of hydrogen-bond donors (Lipinski definition) is 1. The summed E-state index contributed by atoms with van der Waals surface area (Å²) in [5.41, 5.74) is 1.48. The van der Waals surface area contributed by atoms with E-state index in [0.717, 1.165) is 18.5 Å². The smallest absolute Gasteiger partial charge is 0.0264 e. The van der Waals surface area contributed by atoms with Gasteiger partial charge in [0.25, 0.3) is 0 Å². The average molecular weight is 286 g/mol. The second kappa shape index (κ2) is 6.93. The minimum atomic E-state index is 0.664. The minimum absolute atomic E-state index is 0.664. The molecule has 21 heavy (non-hydrogen) atoms. The van der Waals surface area contributed by atoms with Crippen LogP contribution in [0.1, 0.15) is 45.1 Å². The number of hydrogen-bond acceptors (Lipinski definition) is 2. The fourth-order valence-corrected chi connectivity index (χ4v) is 4.05. The molecule has 0 bridgehead atoms. The summed E-state index contributed by atoms with van der Waals surface area (Å²) in [6.07, 6.45) is 6.87.